The molecule has 78 valence electrons. The number of anilines is 1. The summed E-state index contributed by atoms with van der Waals surface area (Å²) in [5.74, 6) is 0. The second-order valence-corrected chi connectivity index (χ2v) is 5.25. The third-order valence-electron chi connectivity index (χ3n) is 1.89. The van der Waals surface area contributed by atoms with E-state index in [1.807, 2.05) is 13.0 Å². The van der Waals surface area contributed by atoms with Gasteiger partial charge in [-0.25, -0.2) is 4.98 Å². The van der Waals surface area contributed by atoms with Gasteiger partial charge in [-0.15, -0.1) is 0 Å². The minimum Gasteiger partial charge on any atom is -0.384 e. The fourth-order valence-electron chi connectivity index (χ4n) is 0.891. The van der Waals surface area contributed by atoms with Crippen LogP contribution in [0.2, 0.25) is 5.15 Å². The molecule has 1 heterocycles. The number of nitrogens with zero attached hydrogens (tertiary/aromatic N) is 1. The van der Waals surface area contributed by atoms with Gasteiger partial charge in [-0.2, -0.15) is 0 Å². The quantitative estimate of drug-likeness (QED) is 0.807. The van der Waals surface area contributed by atoms with Crippen LogP contribution in [0.25, 0.3) is 0 Å². The molecule has 1 aromatic rings. The first-order valence-corrected chi connectivity index (χ1v) is 6.27. The smallest absolute Gasteiger partial charge is 0.131 e. The molecule has 0 spiro atoms. The second kappa shape index (κ2) is 5.32. The average Bonchev–Trinajstić information content (AvgIpc) is 2.14. The van der Waals surface area contributed by atoms with Crippen molar-refractivity contribution in [1.29, 1.82) is 0 Å². The van der Waals surface area contributed by atoms with E-state index in [1.165, 1.54) is 0 Å². The van der Waals surface area contributed by atoms with Crippen LogP contribution in [0.4, 0.5) is 5.69 Å². The summed E-state index contributed by atoms with van der Waals surface area (Å²) in [4.78, 5) is 3.87. The van der Waals surface area contributed by atoms with Crippen molar-refractivity contribution in [2.75, 3.05) is 18.1 Å². The van der Waals surface area contributed by atoms with Gasteiger partial charge in [0.1, 0.15) is 5.15 Å². The fraction of sp³-hybridized carbons (Fsp3) is 0.444. The van der Waals surface area contributed by atoms with E-state index in [4.69, 9.17) is 11.6 Å². The van der Waals surface area contributed by atoms with Gasteiger partial charge in [0.2, 0.25) is 0 Å². The molecule has 2 unspecified atom stereocenters. The van der Waals surface area contributed by atoms with Gasteiger partial charge in [0, 0.05) is 40.7 Å². The highest BCUT2D eigenvalue weighted by Crippen LogP contribution is 2.11. The van der Waals surface area contributed by atoms with Gasteiger partial charge in [0.15, 0.2) is 0 Å². The number of rotatable bonds is 4. The molecule has 0 fully saturated rings. The Hall–Kier alpha value is -0.610. The predicted molar refractivity (Wildman–Crippen MR) is 61.3 cm³/mol. The van der Waals surface area contributed by atoms with Gasteiger partial charge in [0.05, 0.1) is 0 Å². The van der Waals surface area contributed by atoms with Crippen LogP contribution in [0.5, 0.6) is 0 Å². The lowest BCUT2D eigenvalue weighted by Gasteiger charge is -2.10. The summed E-state index contributed by atoms with van der Waals surface area (Å²) in [6.45, 7) is 2.61. The molecule has 1 N–H and O–H groups in total. The van der Waals surface area contributed by atoms with E-state index < -0.39 is 10.8 Å². The molecule has 0 radical (unpaired) electrons. The molecule has 0 aliphatic rings. The van der Waals surface area contributed by atoms with Gasteiger partial charge < -0.3 is 5.32 Å². The van der Waals surface area contributed by atoms with Crippen molar-refractivity contribution in [2.45, 2.75) is 12.2 Å². The van der Waals surface area contributed by atoms with E-state index in [9.17, 15) is 4.21 Å². The lowest BCUT2D eigenvalue weighted by atomic mass is 10.4. The monoisotopic (exact) mass is 232 g/mol. The Morgan fingerprint density at radius 3 is 3.00 bits per heavy atom. The first-order chi connectivity index (χ1) is 6.59. The summed E-state index contributed by atoms with van der Waals surface area (Å²) < 4.78 is 11.1. The van der Waals surface area contributed by atoms with Gasteiger partial charge >= 0.3 is 0 Å². The highest BCUT2D eigenvalue weighted by molar-refractivity contribution is 7.84. The Morgan fingerprint density at radius 2 is 2.43 bits per heavy atom. The number of hydrogen-bond acceptors (Lipinski definition) is 3. The third-order valence-corrected chi connectivity index (χ3v) is 3.39. The van der Waals surface area contributed by atoms with Crippen molar-refractivity contribution in [1.82, 2.24) is 4.98 Å². The minimum atomic E-state index is -0.800. The van der Waals surface area contributed by atoms with Gasteiger partial charge in [-0.3, -0.25) is 4.21 Å². The zero-order valence-corrected chi connectivity index (χ0v) is 9.73. The minimum absolute atomic E-state index is 0.127. The summed E-state index contributed by atoms with van der Waals surface area (Å²) in [6.07, 6.45) is 3.34. The maximum Gasteiger partial charge on any atom is 0.131 e. The van der Waals surface area contributed by atoms with Crippen molar-refractivity contribution in [3.63, 3.8) is 0 Å². The second-order valence-electron chi connectivity index (χ2n) is 3.06. The van der Waals surface area contributed by atoms with E-state index in [0.717, 1.165) is 5.69 Å². The molecule has 14 heavy (non-hydrogen) atoms. The molecule has 0 aromatic carbocycles. The number of pyridine rings is 1. The number of hydrogen-bond donors (Lipinski definition) is 1. The van der Waals surface area contributed by atoms with Crippen LogP contribution in [0.15, 0.2) is 18.3 Å². The van der Waals surface area contributed by atoms with Gasteiger partial charge in [-0.05, 0) is 19.1 Å². The van der Waals surface area contributed by atoms with Crippen LogP contribution in [0.3, 0.4) is 0 Å². The summed E-state index contributed by atoms with van der Waals surface area (Å²) in [6, 6.07) is 3.57. The van der Waals surface area contributed by atoms with Crippen molar-refractivity contribution in [3.05, 3.63) is 23.5 Å². The van der Waals surface area contributed by atoms with Crippen molar-refractivity contribution in [2.24, 2.45) is 0 Å². The van der Waals surface area contributed by atoms with Crippen molar-refractivity contribution >= 4 is 28.1 Å². The van der Waals surface area contributed by atoms with Crippen LogP contribution in [0.1, 0.15) is 6.92 Å². The third kappa shape index (κ3) is 3.64. The summed E-state index contributed by atoms with van der Waals surface area (Å²) >= 11 is 5.71. The lowest BCUT2D eigenvalue weighted by Crippen LogP contribution is -2.20. The molecule has 0 amide bonds. The van der Waals surface area contributed by atoms with Crippen LogP contribution in [-0.4, -0.2) is 27.2 Å². The van der Waals surface area contributed by atoms with Gasteiger partial charge in [0.25, 0.3) is 0 Å². The zero-order chi connectivity index (χ0) is 10.6. The Kier molecular flexibility index (Phi) is 4.35. The molecular weight excluding hydrogens is 220 g/mol. The molecule has 3 nitrogen and oxygen atoms in total. The van der Waals surface area contributed by atoms with Crippen LogP contribution in [-0.2, 0) is 10.8 Å². The Bertz CT molecular complexity index is 332. The molecule has 5 heteroatoms. The highest BCUT2D eigenvalue weighted by Gasteiger charge is 2.05. The van der Waals surface area contributed by atoms with E-state index in [2.05, 4.69) is 10.3 Å². The van der Waals surface area contributed by atoms with Crippen molar-refractivity contribution in [3.8, 4) is 0 Å². The first-order valence-electron chi connectivity index (χ1n) is 4.27. The molecule has 1 aromatic heterocycles. The summed E-state index contributed by atoms with van der Waals surface area (Å²) in [5.41, 5.74) is 0.905. The van der Waals surface area contributed by atoms with Gasteiger partial charge in [-0.1, -0.05) is 11.6 Å². The van der Waals surface area contributed by atoms with Crippen molar-refractivity contribution < 1.29 is 4.21 Å². The summed E-state index contributed by atoms with van der Waals surface area (Å²) in [7, 11) is -0.800. The number of nitrogens with one attached hydrogen (secondary N) is 1. The maximum atomic E-state index is 11.1. The predicted octanol–water partition coefficient (Wildman–Crippen LogP) is 1.91. The molecule has 0 bridgehead atoms. The van der Waals surface area contributed by atoms with E-state index in [0.29, 0.717) is 11.7 Å². The van der Waals surface area contributed by atoms with Crippen LogP contribution in [0, 0.1) is 0 Å². The normalized spacial score (nSPS) is 14.8. The standard InChI is InChI=1S/C9H13ClN2OS/c1-7(14(2)13)6-12-8-3-4-11-9(10)5-8/h3-5,7H,6H2,1-2H3,(H,11,12). The fourth-order valence-corrected chi connectivity index (χ4v) is 1.38. The average molecular weight is 233 g/mol. The molecule has 1 rings (SSSR count). The SMILES string of the molecule is CC(CNc1ccnc(Cl)c1)S(C)=O. The number of aromatic nitrogens is 1. The highest BCUT2D eigenvalue weighted by atomic mass is 35.5. The van der Waals surface area contributed by atoms with E-state index in [1.54, 1.807) is 18.5 Å². The maximum absolute atomic E-state index is 11.1. The topological polar surface area (TPSA) is 42.0 Å². The van der Waals surface area contributed by atoms with Crippen LogP contribution >= 0.6 is 11.6 Å². The molecule has 0 aliphatic carbocycles. The molecular formula is C9H13ClN2OS. The Morgan fingerprint density at radius 1 is 1.71 bits per heavy atom. The van der Waals surface area contributed by atoms with E-state index in [-0.39, 0.29) is 5.25 Å². The number of halogens is 1. The first kappa shape index (κ1) is 11.5. The van der Waals surface area contributed by atoms with E-state index >= 15 is 0 Å². The molecule has 0 saturated heterocycles. The summed E-state index contributed by atoms with van der Waals surface area (Å²) in [5, 5.41) is 3.73. The molecule has 0 saturated carbocycles. The zero-order valence-electron chi connectivity index (χ0n) is 8.16. The Labute approximate surface area is 91.3 Å². The van der Waals surface area contributed by atoms with Crippen LogP contribution < -0.4 is 5.32 Å². The largest absolute Gasteiger partial charge is 0.384 e. The molecule has 0 aliphatic heterocycles. The lowest BCUT2D eigenvalue weighted by molar-refractivity contribution is 0.679. The Balaban J connectivity index is 2.49. The molecule has 2 atom stereocenters.